The summed E-state index contributed by atoms with van der Waals surface area (Å²) < 4.78 is 51.4. The summed E-state index contributed by atoms with van der Waals surface area (Å²) in [4.78, 5) is 10.3. The second-order valence-corrected chi connectivity index (χ2v) is 3.96. The lowest BCUT2D eigenvalue weighted by molar-refractivity contribution is 0.0988. The van der Waals surface area contributed by atoms with Crippen LogP contribution in [-0.4, -0.2) is 12.2 Å². The summed E-state index contributed by atoms with van der Waals surface area (Å²) in [6.45, 7) is 0. The molecule has 0 spiro atoms. The van der Waals surface area contributed by atoms with Crippen LogP contribution in [0.5, 0.6) is 0 Å². The van der Waals surface area contributed by atoms with E-state index in [-0.39, 0.29) is 24.7 Å². The van der Waals surface area contributed by atoms with E-state index >= 15 is 0 Å². The SMILES string of the molecule is O=Cc1c(F)cc(CC2CC2(F)F)cc1F. The molecule has 0 amide bonds. The zero-order chi connectivity index (χ0) is 11.9. The van der Waals surface area contributed by atoms with E-state index in [1.54, 1.807) is 0 Å². The van der Waals surface area contributed by atoms with E-state index in [4.69, 9.17) is 0 Å². The van der Waals surface area contributed by atoms with Crippen molar-refractivity contribution in [2.45, 2.75) is 18.8 Å². The first-order valence-electron chi connectivity index (χ1n) is 4.75. The minimum Gasteiger partial charge on any atom is -0.298 e. The highest BCUT2D eigenvalue weighted by molar-refractivity contribution is 5.75. The summed E-state index contributed by atoms with van der Waals surface area (Å²) in [6.07, 6.45) is -0.244. The van der Waals surface area contributed by atoms with Crippen LogP contribution in [0.4, 0.5) is 17.6 Å². The van der Waals surface area contributed by atoms with Gasteiger partial charge in [-0.15, -0.1) is 0 Å². The van der Waals surface area contributed by atoms with Crippen LogP contribution in [-0.2, 0) is 6.42 Å². The maximum absolute atomic E-state index is 13.1. The van der Waals surface area contributed by atoms with E-state index in [2.05, 4.69) is 0 Å². The molecule has 1 aliphatic carbocycles. The summed E-state index contributed by atoms with van der Waals surface area (Å²) in [7, 11) is 0. The van der Waals surface area contributed by atoms with Gasteiger partial charge in [-0.2, -0.15) is 0 Å². The first-order valence-corrected chi connectivity index (χ1v) is 4.75. The Morgan fingerprint density at radius 3 is 2.19 bits per heavy atom. The lowest BCUT2D eigenvalue weighted by atomic mass is 10.1. The normalized spacial score (nSPS) is 21.9. The van der Waals surface area contributed by atoms with Crippen LogP contribution in [0.25, 0.3) is 0 Å². The van der Waals surface area contributed by atoms with Crippen LogP contribution >= 0.6 is 0 Å². The molecule has 1 aromatic rings. The first kappa shape index (κ1) is 11.1. The summed E-state index contributed by atoms with van der Waals surface area (Å²) in [5.41, 5.74) is -0.505. The van der Waals surface area contributed by atoms with E-state index in [1.807, 2.05) is 0 Å². The fourth-order valence-electron chi connectivity index (χ4n) is 1.64. The minimum absolute atomic E-state index is 0.0695. The topological polar surface area (TPSA) is 17.1 Å². The standard InChI is InChI=1S/C11H8F4O/c12-9-2-6(1-7-4-11(7,14)15)3-10(13)8(9)5-16/h2-3,5,7H,1,4H2. The Bertz CT molecular complexity index is 419. The monoisotopic (exact) mass is 232 g/mol. The Hall–Kier alpha value is -1.39. The smallest absolute Gasteiger partial charge is 0.251 e. The largest absolute Gasteiger partial charge is 0.298 e. The number of hydrogen-bond donors (Lipinski definition) is 0. The maximum atomic E-state index is 13.1. The van der Waals surface area contributed by atoms with E-state index in [0.29, 0.717) is 0 Å². The number of aldehydes is 1. The zero-order valence-electron chi connectivity index (χ0n) is 8.14. The Balaban J connectivity index is 2.21. The number of halogens is 4. The molecule has 1 nitrogen and oxygen atoms in total. The van der Waals surface area contributed by atoms with Crippen LogP contribution in [0.3, 0.4) is 0 Å². The molecule has 0 heterocycles. The molecule has 0 bridgehead atoms. The number of hydrogen-bond acceptors (Lipinski definition) is 1. The van der Waals surface area contributed by atoms with Gasteiger partial charge in [0.1, 0.15) is 11.6 Å². The average molecular weight is 232 g/mol. The molecule has 0 saturated heterocycles. The van der Waals surface area contributed by atoms with Gasteiger partial charge in [0.2, 0.25) is 0 Å². The Labute approximate surface area is 89.1 Å². The number of carbonyl (C=O) groups is 1. The highest BCUT2D eigenvalue weighted by Crippen LogP contribution is 2.50. The fraction of sp³-hybridized carbons (Fsp3) is 0.364. The summed E-state index contributed by atoms with van der Waals surface area (Å²) >= 11 is 0. The zero-order valence-corrected chi connectivity index (χ0v) is 8.14. The van der Waals surface area contributed by atoms with Crippen molar-refractivity contribution in [2.24, 2.45) is 5.92 Å². The molecule has 1 fully saturated rings. The van der Waals surface area contributed by atoms with Gasteiger partial charge in [-0.3, -0.25) is 4.79 Å². The van der Waals surface area contributed by atoms with Crippen molar-refractivity contribution in [1.82, 2.24) is 0 Å². The summed E-state index contributed by atoms with van der Waals surface area (Å²) in [6, 6.07) is 1.86. The van der Waals surface area contributed by atoms with Gasteiger partial charge in [-0.05, 0) is 24.1 Å². The van der Waals surface area contributed by atoms with Crippen molar-refractivity contribution in [1.29, 1.82) is 0 Å². The second-order valence-electron chi connectivity index (χ2n) is 3.96. The fourth-order valence-corrected chi connectivity index (χ4v) is 1.64. The van der Waals surface area contributed by atoms with Crippen LogP contribution in [0.1, 0.15) is 22.3 Å². The molecule has 1 saturated carbocycles. The molecule has 2 rings (SSSR count). The van der Waals surface area contributed by atoms with Gasteiger partial charge in [-0.1, -0.05) is 0 Å². The lowest BCUT2D eigenvalue weighted by Crippen LogP contribution is -2.01. The van der Waals surface area contributed by atoms with E-state index in [0.717, 1.165) is 12.1 Å². The molecule has 1 unspecified atom stereocenters. The van der Waals surface area contributed by atoms with Gasteiger partial charge in [0.25, 0.3) is 5.92 Å². The molecule has 16 heavy (non-hydrogen) atoms. The number of rotatable bonds is 3. The van der Waals surface area contributed by atoms with Gasteiger partial charge in [0.05, 0.1) is 5.56 Å². The molecular formula is C11H8F4O. The van der Waals surface area contributed by atoms with Crippen molar-refractivity contribution < 1.29 is 22.4 Å². The molecule has 1 atom stereocenters. The van der Waals surface area contributed by atoms with Gasteiger partial charge >= 0.3 is 0 Å². The highest BCUT2D eigenvalue weighted by atomic mass is 19.3. The minimum atomic E-state index is -2.71. The van der Waals surface area contributed by atoms with Gasteiger partial charge < -0.3 is 0 Å². The number of carbonyl (C=O) groups excluding carboxylic acids is 1. The Kier molecular flexibility index (Phi) is 2.48. The predicted molar refractivity (Wildman–Crippen MR) is 48.5 cm³/mol. The molecule has 0 aromatic heterocycles. The predicted octanol–water partition coefficient (Wildman–Crippen LogP) is 2.98. The van der Waals surface area contributed by atoms with E-state index in [1.165, 1.54) is 0 Å². The van der Waals surface area contributed by atoms with Crippen molar-refractivity contribution >= 4 is 6.29 Å². The van der Waals surface area contributed by atoms with Gasteiger partial charge in [0.15, 0.2) is 6.29 Å². The lowest BCUT2D eigenvalue weighted by Gasteiger charge is -2.03. The molecule has 0 aliphatic heterocycles. The van der Waals surface area contributed by atoms with E-state index in [9.17, 15) is 22.4 Å². The third-order valence-electron chi connectivity index (χ3n) is 2.69. The summed E-state index contributed by atoms with van der Waals surface area (Å²) in [5, 5.41) is 0. The maximum Gasteiger partial charge on any atom is 0.251 e. The van der Waals surface area contributed by atoms with Crippen molar-refractivity contribution in [3.8, 4) is 0 Å². The van der Waals surface area contributed by atoms with Crippen LogP contribution in [0.15, 0.2) is 12.1 Å². The van der Waals surface area contributed by atoms with Crippen LogP contribution < -0.4 is 0 Å². The average Bonchev–Trinajstić information content (AvgIpc) is 2.72. The Morgan fingerprint density at radius 1 is 1.31 bits per heavy atom. The third-order valence-corrected chi connectivity index (χ3v) is 2.69. The van der Waals surface area contributed by atoms with E-state index < -0.39 is 29.0 Å². The van der Waals surface area contributed by atoms with Gasteiger partial charge in [-0.25, -0.2) is 17.6 Å². The molecule has 0 radical (unpaired) electrons. The van der Waals surface area contributed by atoms with Crippen molar-refractivity contribution in [2.75, 3.05) is 0 Å². The van der Waals surface area contributed by atoms with Crippen LogP contribution in [0.2, 0.25) is 0 Å². The molecular weight excluding hydrogens is 224 g/mol. The molecule has 1 aromatic carbocycles. The van der Waals surface area contributed by atoms with Crippen molar-refractivity contribution in [3.05, 3.63) is 34.9 Å². The quantitative estimate of drug-likeness (QED) is 0.578. The highest BCUT2D eigenvalue weighted by Gasteiger charge is 2.56. The molecule has 1 aliphatic rings. The Morgan fingerprint density at radius 2 is 1.81 bits per heavy atom. The number of benzene rings is 1. The van der Waals surface area contributed by atoms with Crippen molar-refractivity contribution in [3.63, 3.8) is 0 Å². The first-order chi connectivity index (χ1) is 7.44. The summed E-state index contributed by atoms with van der Waals surface area (Å²) in [5.74, 6) is -5.56. The molecule has 0 N–H and O–H groups in total. The molecule has 5 heteroatoms. The van der Waals surface area contributed by atoms with Crippen LogP contribution in [0, 0.1) is 17.6 Å². The second kappa shape index (κ2) is 3.57. The third kappa shape index (κ3) is 1.94. The number of alkyl halides is 2. The molecule has 86 valence electrons. The van der Waals surface area contributed by atoms with Gasteiger partial charge in [0, 0.05) is 12.3 Å².